The molecule has 120 valence electrons. The Labute approximate surface area is 135 Å². The molecule has 1 saturated heterocycles. The van der Waals surface area contributed by atoms with Gasteiger partial charge in [0.1, 0.15) is 12.6 Å². The zero-order valence-electron chi connectivity index (χ0n) is 12.7. The number of nitrogens with one attached hydrogen (secondary N) is 1. The molecule has 0 aliphatic carbocycles. The predicted molar refractivity (Wildman–Crippen MR) is 89.6 cm³/mol. The van der Waals surface area contributed by atoms with Gasteiger partial charge in [0, 0.05) is 5.69 Å². The molecule has 0 aromatic heterocycles. The van der Waals surface area contributed by atoms with Crippen LogP contribution in [0.5, 0.6) is 0 Å². The third kappa shape index (κ3) is 5.79. The zero-order chi connectivity index (χ0) is 16.7. The Balaban J connectivity index is 0.000000239. The van der Waals surface area contributed by atoms with Crippen LogP contribution in [0.2, 0.25) is 0 Å². The van der Waals surface area contributed by atoms with Crippen LogP contribution < -0.4 is 16.0 Å². The van der Waals surface area contributed by atoms with Gasteiger partial charge in [0.15, 0.2) is 5.11 Å². The van der Waals surface area contributed by atoms with Gasteiger partial charge in [-0.2, -0.15) is 0 Å². The number of carboxylic acid groups (broad SMARTS) is 1. The van der Waals surface area contributed by atoms with Crippen molar-refractivity contribution in [3.8, 4) is 0 Å². The summed E-state index contributed by atoms with van der Waals surface area (Å²) in [5.41, 5.74) is 6.17. The van der Waals surface area contributed by atoms with Crippen LogP contribution in [0.1, 0.15) is 20.3 Å². The van der Waals surface area contributed by atoms with Crippen LogP contribution in [-0.4, -0.2) is 34.7 Å². The number of carbonyl (C=O) groups excluding carboxylic acids is 1. The van der Waals surface area contributed by atoms with Gasteiger partial charge in [-0.25, -0.2) is 0 Å². The first-order valence-electron chi connectivity index (χ1n) is 6.96. The summed E-state index contributed by atoms with van der Waals surface area (Å²) in [6.45, 7) is 4.22. The van der Waals surface area contributed by atoms with Crippen LogP contribution in [0.15, 0.2) is 30.3 Å². The Morgan fingerprint density at radius 2 is 2.00 bits per heavy atom. The molecule has 1 atom stereocenters. The van der Waals surface area contributed by atoms with Crippen LogP contribution in [0, 0.1) is 5.92 Å². The number of carboxylic acids is 1. The molecule has 1 aromatic carbocycles. The molecule has 1 heterocycles. The largest absolute Gasteiger partial charge is 0.480 e. The molecule has 22 heavy (non-hydrogen) atoms. The quantitative estimate of drug-likeness (QED) is 0.724. The number of thiocarbonyl (C=S) groups is 1. The third-order valence-electron chi connectivity index (χ3n) is 2.90. The summed E-state index contributed by atoms with van der Waals surface area (Å²) in [6, 6.07) is 8.92. The second-order valence-electron chi connectivity index (χ2n) is 5.35. The van der Waals surface area contributed by atoms with Crippen LogP contribution in [0.3, 0.4) is 0 Å². The second-order valence-corrected chi connectivity index (χ2v) is 5.74. The van der Waals surface area contributed by atoms with Gasteiger partial charge >= 0.3 is 5.97 Å². The van der Waals surface area contributed by atoms with Crippen molar-refractivity contribution in [2.24, 2.45) is 11.7 Å². The lowest BCUT2D eigenvalue weighted by Crippen LogP contribution is -2.31. The molecule has 1 fully saturated rings. The Kier molecular flexibility index (Phi) is 6.94. The molecule has 1 amide bonds. The SMILES string of the molecule is CC(C)C[C@H](N)C(=O)O.O=C1CN(c2ccccc2)C(=S)N1. The Morgan fingerprint density at radius 3 is 2.36 bits per heavy atom. The van der Waals surface area contributed by atoms with Crippen LogP contribution in [0.25, 0.3) is 0 Å². The minimum absolute atomic E-state index is 0.0474. The van der Waals surface area contributed by atoms with Crippen LogP contribution in [0.4, 0.5) is 5.69 Å². The van der Waals surface area contributed by atoms with E-state index in [0.29, 0.717) is 24.0 Å². The molecule has 2 rings (SSSR count). The maximum atomic E-state index is 11.0. The highest BCUT2D eigenvalue weighted by atomic mass is 32.1. The van der Waals surface area contributed by atoms with Crippen LogP contribution in [-0.2, 0) is 9.59 Å². The molecular formula is C15H21N3O3S. The number of carbonyl (C=O) groups is 2. The number of anilines is 1. The molecule has 4 N–H and O–H groups in total. The average Bonchev–Trinajstić information content (AvgIpc) is 2.78. The van der Waals surface area contributed by atoms with Crippen molar-refractivity contribution < 1.29 is 14.7 Å². The highest BCUT2D eigenvalue weighted by Crippen LogP contribution is 2.15. The number of benzene rings is 1. The van der Waals surface area contributed by atoms with Gasteiger partial charge in [-0.15, -0.1) is 0 Å². The number of aliphatic carboxylic acids is 1. The molecule has 0 radical (unpaired) electrons. The Hall–Kier alpha value is -1.99. The Bertz CT molecular complexity index is 534. The number of amides is 1. The van der Waals surface area contributed by atoms with E-state index in [4.69, 9.17) is 23.1 Å². The fourth-order valence-corrected chi connectivity index (χ4v) is 2.15. The molecule has 0 bridgehead atoms. The number of para-hydroxylation sites is 1. The van der Waals surface area contributed by atoms with E-state index in [2.05, 4.69) is 5.32 Å². The van der Waals surface area contributed by atoms with Crippen molar-refractivity contribution >= 4 is 34.9 Å². The third-order valence-corrected chi connectivity index (χ3v) is 3.23. The number of hydrogen-bond donors (Lipinski definition) is 3. The molecular weight excluding hydrogens is 302 g/mol. The second kappa shape index (κ2) is 8.45. The van der Waals surface area contributed by atoms with E-state index in [9.17, 15) is 9.59 Å². The summed E-state index contributed by atoms with van der Waals surface area (Å²) in [5.74, 6) is -0.603. The molecule has 1 aliphatic rings. The lowest BCUT2D eigenvalue weighted by atomic mass is 10.1. The summed E-state index contributed by atoms with van der Waals surface area (Å²) in [4.78, 5) is 22.9. The van der Waals surface area contributed by atoms with Crippen molar-refractivity contribution in [1.82, 2.24) is 5.32 Å². The summed E-state index contributed by atoms with van der Waals surface area (Å²) < 4.78 is 0. The van der Waals surface area contributed by atoms with Gasteiger partial charge in [-0.3, -0.25) is 9.59 Å². The fraction of sp³-hybridized carbons (Fsp3) is 0.400. The molecule has 0 spiro atoms. The monoisotopic (exact) mass is 323 g/mol. The number of hydrogen-bond acceptors (Lipinski definition) is 4. The van der Waals surface area contributed by atoms with Crippen molar-refractivity contribution in [2.45, 2.75) is 26.3 Å². The number of rotatable bonds is 4. The zero-order valence-corrected chi connectivity index (χ0v) is 13.5. The molecule has 7 heteroatoms. The maximum Gasteiger partial charge on any atom is 0.320 e. The summed E-state index contributed by atoms with van der Waals surface area (Å²) in [7, 11) is 0. The van der Waals surface area contributed by atoms with E-state index in [0.717, 1.165) is 5.69 Å². The standard InChI is InChI=1S/C9H8N2OS.C6H13NO2/c12-8-6-11(9(13)10-8)7-4-2-1-3-5-7;1-4(2)3-5(7)6(8)9/h1-5H,6H2,(H,10,12,13);4-5H,3,7H2,1-2H3,(H,8,9)/t;5-/m.0/s1. The lowest BCUT2D eigenvalue weighted by molar-refractivity contribution is -0.138. The molecule has 0 unspecified atom stereocenters. The van der Waals surface area contributed by atoms with E-state index in [1.807, 2.05) is 44.2 Å². The summed E-state index contributed by atoms with van der Waals surface area (Å²) in [6.07, 6.45) is 0.551. The van der Waals surface area contributed by atoms with Crippen molar-refractivity contribution in [3.05, 3.63) is 30.3 Å². The number of nitrogens with two attached hydrogens (primary N) is 1. The van der Waals surface area contributed by atoms with E-state index in [1.54, 1.807) is 4.90 Å². The fourth-order valence-electron chi connectivity index (χ4n) is 1.87. The van der Waals surface area contributed by atoms with E-state index < -0.39 is 12.0 Å². The summed E-state index contributed by atoms with van der Waals surface area (Å²) >= 11 is 4.99. The lowest BCUT2D eigenvalue weighted by Gasteiger charge is -2.14. The van der Waals surface area contributed by atoms with Crippen LogP contribution >= 0.6 is 12.2 Å². The van der Waals surface area contributed by atoms with E-state index in [-0.39, 0.29) is 5.91 Å². The number of nitrogens with zero attached hydrogens (tertiary/aromatic N) is 1. The van der Waals surface area contributed by atoms with Crippen molar-refractivity contribution in [2.75, 3.05) is 11.4 Å². The molecule has 6 nitrogen and oxygen atoms in total. The normalized spacial score (nSPS) is 15.2. The van der Waals surface area contributed by atoms with Gasteiger partial charge in [0.25, 0.3) is 0 Å². The maximum absolute atomic E-state index is 11.0. The minimum Gasteiger partial charge on any atom is -0.480 e. The molecule has 1 aromatic rings. The highest BCUT2D eigenvalue weighted by molar-refractivity contribution is 7.80. The molecule has 1 aliphatic heterocycles. The van der Waals surface area contributed by atoms with E-state index >= 15 is 0 Å². The Morgan fingerprint density at radius 1 is 1.41 bits per heavy atom. The van der Waals surface area contributed by atoms with Crippen molar-refractivity contribution in [3.63, 3.8) is 0 Å². The molecule has 0 saturated carbocycles. The minimum atomic E-state index is -0.913. The first-order valence-corrected chi connectivity index (χ1v) is 7.37. The van der Waals surface area contributed by atoms with Gasteiger partial charge < -0.3 is 21.1 Å². The van der Waals surface area contributed by atoms with Crippen molar-refractivity contribution in [1.29, 1.82) is 0 Å². The highest BCUT2D eigenvalue weighted by Gasteiger charge is 2.23. The van der Waals surface area contributed by atoms with E-state index in [1.165, 1.54) is 0 Å². The smallest absolute Gasteiger partial charge is 0.320 e. The predicted octanol–water partition coefficient (Wildman–Crippen LogP) is 1.35. The average molecular weight is 323 g/mol. The first-order chi connectivity index (χ1) is 10.3. The topological polar surface area (TPSA) is 95.7 Å². The van der Waals surface area contributed by atoms with Gasteiger partial charge in [-0.05, 0) is 36.7 Å². The first kappa shape index (κ1) is 18.1. The summed E-state index contributed by atoms with van der Waals surface area (Å²) in [5, 5.41) is 11.4. The van der Waals surface area contributed by atoms with Gasteiger partial charge in [-0.1, -0.05) is 32.0 Å². The van der Waals surface area contributed by atoms with Gasteiger partial charge in [0.05, 0.1) is 0 Å². The van der Waals surface area contributed by atoms with Gasteiger partial charge in [0.2, 0.25) is 5.91 Å².